The highest BCUT2D eigenvalue weighted by Crippen LogP contribution is 2.26. The number of morpholine rings is 1. The minimum atomic E-state index is -0.506. The number of hydrogen-bond donors (Lipinski definition) is 1. The smallest absolute Gasteiger partial charge is 0.408 e. The van der Waals surface area contributed by atoms with Crippen molar-refractivity contribution < 1.29 is 18.3 Å². The molecule has 1 N–H and O–H groups in total. The fourth-order valence-electron chi connectivity index (χ4n) is 3.88. The Labute approximate surface area is 173 Å². The lowest BCUT2D eigenvalue weighted by Gasteiger charge is -2.37. The first kappa shape index (κ1) is 20.2. The van der Waals surface area contributed by atoms with Crippen molar-refractivity contribution in [2.45, 2.75) is 39.0 Å². The number of hydrogen-bond acceptors (Lipinski definition) is 5. The second-order valence-electron chi connectivity index (χ2n) is 7.61. The number of oxazole rings is 1. The number of fused-ring (bicyclic) bond motifs is 1. The third-order valence-corrected chi connectivity index (χ3v) is 5.13. The molecule has 8 heteroatoms. The molecule has 0 saturated carbocycles. The van der Waals surface area contributed by atoms with Crippen LogP contribution in [-0.2, 0) is 16.1 Å². The van der Waals surface area contributed by atoms with Crippen molar-refractivity contribution in [1.29, 1.82) is 0 Å². The van der Waals surface area contributed by atoms with Crippen LogP contribution in [0.15, 0.2) is 51.7 Å². The Balaban J connectivity index is 1.40. The van der Waals surface area contributed by atoms with E-state index in [9.17, 15) is 14.0 Å². The largest absolute Gasteiger partial charge is 0.419 e. The maximum atomic E-state index is 14.7. The number of ether oxygens (including phenoxy) is 1. The number of nitrogens with zero attached hydrogens (tertiary/aromatic N) is 2. The normalized spacial score (nSPS) is 19.2. The second kappa shape index (κ2) is 8.31. The molecule has 0 radical (unpaired) electrons. The lowest BCUT2D eigenvalue weighted by molar-refractivity contribution is -0.116. The van der Waals surface area contributed by atoms with E-state index in [4.69, 9.17) is 9.15 Å². The van der Waals surface area contributed by atoms with Crippen molar-refractivity contribution in [3.05, 3.63) is 58.8 Å². The molecule has 0 unspecified atom stereocenters. The van der Waals surface area contributed by atoms with Crippen LogP contribution in [0.3, 0.4) is 0 Å². The van der Waals surface area contributed by atoms with Crippen LogP contribution in [0.1, 0.15) is 20.3 Å². The Morgan fingerprint density at radius 3 is 2.63 bits per heavy atom. The molecule has 7 nitrogen and oxygen atoms in total. The summed E-state index contributed by atoms with van der Waals surface area (Å²) in [6.07, 6.45) is 0.107. The van der Waals surface area contributed by atoms with Gasteiger partial charge in [0.05, 0.1) is 23.4 Å². The minimum Gasteiger partial charge on any atom is -0.408 e. The summed E-state index contributed by atoms with van der Waals surface area (Å²) >= 11 is 0. The molecule has 0 spiro atoms. The van der Waals surface area contributed by atoms with E-state index < -0.39 is 11.6 Å². The van der Waals surface area contributed by atoms with Crippen molar-refractivity contribution in [2.75, 3.05) is 23.3 Å². The van der Waals surface area contributed by atoms with Crippen molar-refractivity contribution in [1.82, 2.24) is 4.57 Å². The predicted octanol–water partition coefficient (Wildman–Crippen LogP) is 3.38. The minimum absolute atomic E-state index is 0.0231. The average Bonchev–Trinajstić information content (AvgIpc) is 3.00. The number of para-hydroxylation sites is 2. The van der Waals surface area contributed by atoms with Crippen molar-refractivity contribution in [2.24, 2.45) is 0 Å². The highest BCUT2D eigenvalue weighted by molar-refractivity contribution is 5.91. The first-order chi connectivity index (χ1) is 14.4. The Hall–Kier alpha value is -3.13. The van der Waals surface area contributed by atoms with Gasteiger partial charge in [0.15, 0.2) is 5.58 Å². The number of nitrogens with one attached hydrogen (secondary N) is 1. The maximum Gasteiger partial charge on any atom is 0.419 e. The summed E-state index contributed by atoms with van der Waals surface area (Å²) in [6.45, 7) is 5.32. The fraction of sp³-hybridized carbons (Fsp3) is 0.364. The monoisotopic (exact) mass is 413 g/mol. The quantitative estimate of drug-likeness (QED) is 0.694. The van der Waals surface area contributed by atoms with Crippen molar-refractivity contribution >= 4 is 28.4 Å². The van der Waals surface area contributed by atoms with Gasteiger partial charge >= 0.3 is 5.76 Å². The summed E-state index contributed by atoms with van der Waals surface area (Å²) in [5, 5.41) is 2.69. The lowest BCUT2D eigenvalue weighted by Crippen LogP contribution is -2.45. The van der Waals surface area contributed by atoms with Gasteiger partial charge in [0.2, 0.25) is 5.91 Å². The van der Waals surface area contributed by atoms with Crippen LogP contribution in [0.4, 0.5) is 15.8 Å². The highest BCUT2D eigenvalue weighted by atomic mass is 19.1. The van der Waals surface area contributed by atoms with Crippen LogP contribution < -0.4 is 16.0 Å². The molecular weight excluding hydrogens is 389 g/mol. The molecule has 0 bridgehead atoms. The van der Waals surface area contributed by atoms with Gasteiger partial charge in [-0.2, -0.15) is 0 Å². The van der Waals surface area contributed by atoms with Gasteiger partial charge in [-0.15, -0.1) is 0 Å². The number of aryl methyl sites for hydroxylation is 1. The Bertz CT molecular complexity index is 1110. The first-order valence-electron chi connectivity index (χ1n) is 9.99. The molecule has 1 aromatic heterocycles. The van der Waals surface area contributed by atoms with Gasteiger partial charge in [-0.25, -0.2) is 9.18 Å². The number of rotatable bonds is 5. The number of carbonyl (C=O) groups excluding carboxylic acids is 1. The number of aromatic nitrogens is 1. The second-order valence-corrected chi connectivity index (χ2v) is 7.61. The molecule has 2 aromatic carbocycles. The SMILES string of the molecule is C[C@H]1CN(c2ccc(NC(=O)CCn3c(=O)oc4ccccc43)cc2F)C[C@H](C)O1. The number of amides is 1. The summed E-state index contributed by atoms with van der Waals surface area (Å²) < 4.78 is 27.0. The summed E-state index contributed by atoms with van der Waals surface area (Å²) in [6, 6.07) is 11.7. The van der Waals surface area contributed by atoms with Crippen LogP contribution in [0.5, 0.6) is 0 Å². The summed E-state index contributed by atoms with van der Waals surface area (Å²) in [4.78, 5) is 26.3. The molecule has 1 saturated heterocycles. The number of benzene rings is 2. The van der Waals surface area contributed by atoms with E-state index in [1.165, 1.54) is 10.6 Å². The Morgan fingerprint density at radius 1 is 1.17 bits per heavy atom. The molecule has 30 heavy (non-hydrogen) atoms. The topological polar surface area (TPSA) is 76.7 Å². The average molecular weight is 413 g/mol. The van der Waals surface area contributed by atoms with Gasteiger partial charge in [-0.1, -0.05) is 12.1 Å². The zero-order valence-electron chi connectivity index (χ0n) is 16.9. The van der Waals surface area contributed by atoms with Gasteiger partial charge < -0.3 is 19.4 Å². The van der Waals surface area contributed by atoms with E-state index in [1.54, 1.807) is 36.4 Å². The van der Waals surface area contributed by atoms with Crippen LogP contribution >= 0.6 is 0 Å². The Kier molecular flexibility index (Phi) is 5.59. The van der Waals surface area contributed by atoms with E-state index in [0.717, 1.165) is 0 Å². The predicted molar refractivity (Wildman–Crippen MR) is 112 cm³/mol. The van der Waals surface area contributed by atoms with E-state index in [-0.39, 0.29) is 31.1 Å². The molecule has 2 atom stereocenters. The standard InChI is InChI=1S/C22H24FN3O4/c1-14-12-25(13-15(2)29-14)18-8-7-16(11-17(18)23)24-21(27)9-10-26-19-5-3-4-6-20(19)30-22(26)28/h3-8,11,14-15H,9-10,12-13H2,1-2H3,(H,24,27)/t14-,15-/m0/s1. The third-order valence-electron chi connectivity index (χ3n) is 5.13. The fourth-order valence-corrected chi connectivity index (χ4v) is 3.88. The van der Waals surface area contributed by atoms with Gasteiger partial charge in [-0.3, -0.25) is 9.36 Å². The van der Waals surface area contributed by atoms with Gasteiger partial charge in [-0.05, 0) is 44.2 Å². The number of halogens is 1. The zero-order valence-corrected chi connectivity index (χ0v) is 16.9. The van der Waals surface area contributed by atoms with Gasteiger partial charge in [0.1, 0.15) is 5.82 Å². The molecule has 158 valence electrons. The first-order valence-corrected chi connectivity index (χ1v) is 9.99. The van der Waals surface area contributed by atoms with Gasteiger partial charge in [0, 0.05) is 31.7 Å². The van der Waals surface area contributed by atoms with Crippen LogP contribution in [0.2, 0.25) is 0 Å². The molecule has 3 aromatic rings. The van der Waals surface area contributed by atoms with Crippen LogP contribution in [-0.4, -0.2) is 35.8 Å². The number of anilines is 2. The molecule has 1 amide bonds. The van der Waals surface area contributed by atoms with Gasteiger partial charge in [0.25, 0.3) is 0 Å². The summed E-state index contributed by atoms with van der Waals surface area (Å²) in [5.41, 5.74) is 1.98. The van der Waals surface area contributed by atoms with Crippen molar-refractivity contribution in [3.8, 4) is 0 Å². The summed E-state index contributed by atoms with van der Waals surface area (Å²) in [5.74, 6) is -1.22. The molecular formula is C22H24FN3O4. The van der Waals surface area contributed by atoms with E-state index in [1.807, 2.05) is 18.7 Å². The number of carbonyl (C=O) groups is 1. The van der Waals surface area contributed by atoms with Crippen LogP contribution in [0, 0.1) is 5.82 Å². The third kappa shape index (κ3) is 4.23. The van der Waals surface area contributed by atoms with Crippen LogP contribution in [0.25, 0.3) is 11.1 Å². The Morgan fingerprint density at radius 2 is 1.90 bits per heavy atom. The lowest BCUT2D eigenvalue weighted by atomic mass is 10.2. The molecule has 1 aliphatic rings. The van der Waals surface area contributed by atoms with E-state index in [0.29, 0.717) is 35.6 Å². The molecule has 1 aliphatic heterocycles. The molecule has 4 rings (SSSR count). The van der Waals surface area contributed by atoms with E-state index in [2.05, 4.69) is 5.32 Å². The van der Waals surface area contributed by atoms with Crippen molar-refractivity contribution in [3.63, 3.8) is 0 Å². The van der Waals surface area contributed by atoms with E-state index >= 15 is 0 Å². The zero-order chi connectivity index (χ0) is 21.3. The molecule has 1 fully saturated rings. The molecule has 2 heterocycles. The molecule has 0 aliphatic carbocycles. The summed E-state index contributed by atoms with van der Waals surface area (Å²) in [7, 11) is 0. The maximum absolute atomic E-state index is 14.7. The highest BCUT2D eigenvalue weighted by Gasteiger charge is 2.24.